The number of anilines is 1. The van der Waals surface area contributed by atoms with Gasteiger partial charge in [-0.1, -0.05) is 19.1 Å². The number of nitrogens with zero attached hydrogens (tertiary/aromatic N) is 1. The molecule has 0 radical (unpaired) electrons. The third-order valence-corrected chi connectivity index (χ3v) is 3.49. The molecule has 17 heavy (non-hydrogen) atoms. The number of para-hydroxylation sites is 1. The van der Waals surface area contributed by atoms with Crippen LogP contribution in [0.15, 0.2) is 18.2 Å². The zero-order valence-corrected chi connectivity index (χ0v) is 10.3. The Morgan fingerprint density at radius 3 is 2.76 bits per heavy atom. The van der Waals surface area contributed by atoms with Crippen molar-refractivity contribution in [1.29, 1.82) is 0 Å². The SMILES string of the molecule is Cc1cccc([N+](=O)[O-])c1NC1CCC(C)C1. The Labute approximate surface area is 101 Å². The zero-order valence-electron chi connectivity index (χ0n) is 10.3. The fraction of sp³-hybridized carbons (Fsp3) is 0.538. The molecule has 1 aliphatic carbocycles. The zero-order chi connectivity index (χ0) is 12.4. The average Bonchev–Trinajstić information content (AvgIpc) is 2.67. The van der Waals surface area contributed by atoms with Crippen LogP contribution in [0.25, 0.3) is 0 Å². The molecule has 0 aliphatic heterocycles. The molecular weight excluding hydrogens is 216 g/mol. The van der Waals surface area contributed by atoms with Gasteiger partial charge in [-0.3, -0.25) is 10.1 Å². The van der Waals surface area contributed by atoms with Gasteiger partial charge in [-0.25, -0.2) is 0 Å². The Kier molecular flexibility index (Phi) is 3.31. The van der Waals surface area contributed by atoms with E-state index in [1.807, 2.05) is 13.0 Å². The quantitative estimate of drug-likeness (QED) is 0.643. The van der Waals surface area contributed by atoms with E-state index in [-0.39, 0.29) is 10.6 Å². The number of nitro groups is 1. The molecular formula is C13H18N2O2. The summed E-state index contributed by atoms with van der Waals surface area (Å²) < 4.78 is 0. The predicted molar refractivity (Wildman–Crippen MR) is 68.3 cm³/mol. The molecule has 4 heteroatoms. The minimum Gasteiger partial charge on any atom is -0.377 e. The minimum atomic E-state index is -0.312. The van der Waals surface area contributed by atoms with E-state index >= 15 is 0 Å². The van der Waals surface area contributed by atoms with Crippen LogP contribution in [0, 0.1) is 23.0 Å². The van der Waals surface area contributed by atoms with E-state index in [0.717, 1.165) is 24.3 Å². The van der Waals surface area contributed by atoms with Crippen LogP contribution in [0.4, 0.5) is 11.4 Å². The van der Waals surface area contributed by atoms with E-state index < -0.39 is 0 Å². The number of nitro benzene ring substituents is 1. The molecule has 1 N–H and O–H groups in total. The van der Waals surface area contributed by atoms with Gasteiger partial charge in [0.2, 0.25) is 0 Å². The van der Waals surface area contributed by atoms with Crippen molar-refractivity contribution in [2.75, 3.05) is 5.32 Å². The molecule has 2 rings (SSSR count). The van der Waals surface area contributed by atoms with Gasteiger partial charge in [0.15, 0.2) is 0 Å². The van der Waals surface area contributed by atoms with Crippen molar-refractivity contribution >= 4 is 11.4 Å². The van der Waals surface area contributed by atoms with E-state index in [0.29, 0.717) is 11.7 Å². The molecule has 1 saturated carbocycles. The number of hydrogen-bond donors (Lipinski definition) is 1. The van der Waals surface area contributed by atoms with Gasteiger partial charge < -0.3 is 5.32 Å². The van der Waals surface area contributed by atoms with Crippen molar-refractivity contribution < 1.29 is 4.92 Å². The fourth-order valence-electron chi connectivity index (χ4n) is 2.53. The van der Waals surface area contributed by atoms with Gasteiger partial charge in [0.1, 0.15) is 5.69 Å². The third kappa shape index (κ3) is 2.57. The van der Waals surface area contributed by atoms with E-state index in [4.69, 9.17) is 0 Å². The Morgan fingerprint density at radius 1 is 1.41 bits per heavy atom. The van der Waals surface area contributed by atoms with Gasteiger partial charge in [-0.05, 0) is 37.7 Å². The monoisotopic (exact) mass is 234 g/mol. The molecule has 4 nitrogen and oxygen atoms in total. The van der Waals surface area contributed by atoms with Gasteiger partial charge in [0, 0.05) is 12.1 Å². The number of benzene rings is 1. The number of hydrogen-bond acceptors (Lipinski definition) is 3. The fourth-order valence-corrected chi connectivity index (χ4v) is 2.53. The maximum Gasteiger partial charge on any atom is 0.292 e. The summed E-state index contributed by atoms with van der Waals surface area (Å²) >= 11 is 0. The summed E-state index contributed by atoms with van der Waals surface area (Å²) in [6.45, 7) is 4.14. The molecule has 1 aromatic rings. The Hall–Kier alpha value is -1.58. The van der Waals surface area contributed by atoms with Gasteiger partial charge in [0.25, 0.3) is 5.69 Å². The van der Waals surface area contributed by atoms with Crippen LogP contribution in [0.3, 0.4) is 0 Å². The molecule has 0 spiro atoms. The second-order valence-corrected chi connectivity index (χ2v) is 4.99. The normalized spacial score (nSPS) is 23.6. The summed E-state index contributed by atoms with van der Waals surface area (Å²) in [6, 6.07) is 5.59. The highest BCUT2D eigenvalue weighted by molar-refractivity contribution is 5.66. The first-order chi connectivity index (χ1) is 8.08. The molecule has 0 saturated heterocycles. The topological polar surface area (TPSA) is 55.2 Å². The van der Waals surface area contributed by atoms with Crippen LogP contribution in [0.2, 0.25) is 0 Å². The third-order valence-electron chi connectivity index (χ3n) is 3.49. The second-order valence-electron chi connectivity index (χ2n) is 4.99. The number of rotatable bonds is 3. The van der Waals surface area contributed by atoms with Crippen molar-refractivity contribution in [3.05, 3.63) is 33.9 Å². The summed E-state index contributed by atoms with van der Waals surface area (Å²) in [4.78, 5) is 10.7. The second kappa shape index (κ2) is 4.73. The van der Waals surface area contributed by atoms with Gasteiger partial charge in [-0.15, -0.1) is 0 Å². The van der Waals surface area contributed by atoms with Crippen LogP contribution in [-0.2, 0) is 0 Å². The lowest BCUT2D eigenvalue weighted by atomic mass is 10.1. The molecule has 0 amide bonds. The van der Waals surface area contributed by atoms with Crippen molar-refractivity contribution in [3.8, 4) is 0 Å². The van der Waals surface area contributed by atoms with Crippen LogP contribution in [0.5, 0.6) is 0 Å². The Morgan fingerprint density at radius 2 is 2.18 bits per heavy atom. The number of nitrogens with one attached hydrogen (secondary N) is 1. The summed E-state index contributed by atoms with van der Waals surface area (Å²) in [5.74, 6) is 0.718. The minimum absolute atomic E-state index is 0.185. The van der Waals surface area contributed by atoms with Crippen molar-refractivity contribution in [1.82, 2.24) is 0 Å². The molecule has 1 aromatic carbocycles. The van der Waals surface area contributed by atoms with E-state index in [2.05, 4.69) is 12.2 Å². The summed E-state index contributed by atoms with van der Waals surface area (Å²) in [5.41, 5.74) is 1.82. The first kappa shape index (κ1) is 11.9. The smallest absolute Gasteiger partial charge is 0.292 e. The molecule has 1 aliphatic rings. The van der Waals surface area contributed by atoms with Crippen molar-refractivity contribution in [3.63, 3.8) is 0 Å². The summed E-state index contributed by atoms with van der Waals surface area (Å²) in [6.07, 6.45) is 3.41. The lowest BCUT2D eigenvalue weighted by molar-refractivity contribution is -0.384. The highest BCUT2D eigenvalue weighted by atomic mass is 16.6. The van der Waals surface area contributed by atoms with Crippen molar-refractivity contribution in [2.24, 2.45) is 5.92 Å². The molecule has 0 aromatic heterocycles. The van der Waals surface area contributed by atoms with Gasteiger partial charge in [-0.2, -0.15) is 0 Å². The molecule has 0 heterocycles. The molecule has 92 valence electrons. The van der Waals surface area contributed by atoms with E-state index in [1.165, 1.54) is 6.42 Å². The summed E-state index contributed by atoms with van der Waals surface area (Å²) in [5, 5.41) is 14.3. The average molecular weight is 234 g/mol. The maximum absolute atomic E-state index is 11.0. The maximum atomic E-state index is 11.0. The van der Waals surface area contributed by atoms with Crippen LogP contribution >= 0.6 is 0 Å². The first-order valence-corrected chi connectivity index (χ1v) is 6.08. The Bertz CT molecular complexity index is 431. The van der Waals surface area contributed by atoms with Crippen LogP contribution < -0.4 is 5.32 Å². The first-order valence-electron chi connectivity index (χ1n) is 6.08. The van der Waals surface area contributed by atoms with Gasteiger partial charge in [0.05, 0.1) is 4.92 Å². The lowest BCUT2D eigenvalue weighted by Crippen LogP contribution is -2.17. The highest BCUT2D eigenvalue weighted by Crippen LogP contribution is 2.33. The van der Waals surface area contributed by atoms with Crippen LogP contribution in [0.1, 0.15) is 31.7 Å². The Balaban J connectivity index is 2.22. The lowest BCUT2D eigenvalue weighted by Gasteiger charge is -2.15. The van der Waals surface area contributed by atoms with Crippen LogP contribution in [-0.4, -0.2) is 11.0 Å². The largest absolute Gasteiger partial charge is 0.377 e. The van der Waals surface area contributed by atoms with Crippen molar-refractivity contribution in [2.45, 2.75) is 39.2 Å². The number of aryl methyl sites for hydroxylation is 1. The molecule has 2 atom stereocenters. The van der Waals surface area contributed by atoms with Gasteiger partial charge >= 0.3 is 0 Å². The molecule has 2 unspecified atom stereocenters. The molecule has 1 fully saturated rings. The predicted octanol–water partition coefficient (Wildman–Crippen LogP) is 3.50. The molecule has 0 bridgehead atoms. The standard InChI is InChI=1S/C13H18N2O2/c1-9-6-7-11(8-9)14-13-10(2)4-3-5-12(13)15(16)17/h3-5,9,11,14H,6-8H2,1-2H3. The summed E-state index contributed by atoms with van der Waals surface area (Å²) in [7, 11) is 0. The highest BCUT2D eigenvalue weighted by Gasteiger charge is 2.24. The van der Waals surface area contributed by atoms with E-state index in [9.17, 15) is 10.1 Å². The van der Waals surface area contributed by atoms with E-state index in [1.54, 1.807) is 12.1 Å².